The molecule has 15 heteroatoms. The lowest BCUT2D eigenvalue weighted by atomic mass is 9.78. The van der Waals surface area contributed by atoms with Crippen molar-refractivity contribution >= 4 is 17.8 Å². The summed E-state index contributed by atoms with van der Waals surface area (Å²) < 4.78 is 76.5. The summed E-state index contributed by atoms with van der Waals surface area (Å²) in [6, 6.07) is 6.69. The van der Waals surface area contributed by atoms with Gasteiger partial charge in [-0.25, -0.2) is 14.0 Å². The Hall–Kier alpha value is -2.94. The highest BCUT2D eigenvalue weighted by atomic mass is 19.4. The number of likely N-dealkylation sites (N-methyl/N-ethyl adjacent to an activating group) is 1. The Morgan fingerprint density at radius 3 is 1.92 bits per heavy atom. The number of alkyl halides is 6. The van der Waals surface area contributed by atoms with Gasteiger partial charge in [-0.3, -0.25) is 9.69 Å². The number of likely N-dealkylation sites (tertiary alicyclic amines) is 2. The van der Waals surface area contributed by atoms with Gasteiger partial charge in [0, 0.05) is 39.3 Å². The average molecular weight is 561 g/mol. The number of benzene rings is 1. The van der Waals surface area contributed by atoms with E-state index in [2.05, 4.69) is 16.7 Å². The quantitative estimate of drug-likeness (QED) is 0.532. The second kappa shape index (κ2) is 13.2. The average Bonchev–Trinajstić information content (AvgIpc) is 3.27. The zero-order valence-electron chi connectivity index (χ0n) is 20.9. The third kappa shape index (κ3) is 9.74. The molecule has 0 saturated carbocycles. The van der Waals surface area contributed by atoms with Crippen molar-refractivity contribution in [2.24, 2.45) is 11.3 Å². The van der Waals surface area contributed by atoms with E-state index in [1.807, 2.05) is 31.1 Å². The molecule has 0 radical (unpaired) electrons. The summed E-state index contributed by atoms with van der Waals surface area (Å²) in [6.07, 6.45) is -9.21. The number of carbonyl (C=O) groups excluding carboxylic acids is 1. The van der Waals surface area contributed by atoms with Crippen LogP contribution >= 0.6 is 0 Å². The number of carboxylic acids is 2. The highest BCUT2D eigenvalue weighted by Gasteiger charge is 2.54. The molecule has 8 nitrogen and oxygen atoms in total. The summed E-state index contributed by atoms with van der Waals surface area (Å²) in [5, 5.41) is 14.2. The molecule has 2 saturated heterocycles. The van der Waals surface area contributed by atoms with E-state index in [4.69, 9.17) is 19.8 Å². The van der Waals surface area contributed by atoms with Gasteiger partial charge in [0.15, 0.2) is 0 Å². The van der Waals surface area contributed by atoms with Crippen molar-refractivity contribution in [3.8, 4) is 0 Å². The van der Waals surface area contributed by atoms with Crippen LogP contribution in [-0.4, -0.2) is 102 Å². The van der Waals surface area contributed by atoms with Gasteiger partial charge in [0.05, 0.1) is 5.41 Å². The van der Waals surface area contributed by atoms with Crippen LogP contribution < -0.4 is 0 Å². The maximum absolute atomic E-state index is 13.1. The van der Waals surface area contributed by atoms with Crippen molar-refractivity contribution in [1.82, 2.24) is 14.7 Å². The molecule has 2 N–H and O–H groups in total. The number of hydrogen-bond donors (Lipinski definition) is 2. The summed E-state index contributed by atoms with van der Waals surface area (Å²) in [5.74, 6) is -5.01. The van der Waals surface area contributed by atoms with Gasteiger partial charge in [0.1, 0.15) is 5.82 Å². The molecule has 2 aliphatic heterocycles. The number of hydrogen-bond acceptors (Lipinski definition) is 5. The number of rotatable bonds is 5. The van der Waals surface area contributed by atoms with Crippen LogP contribution in [0.3, 0.4) is 0 Å². The van der Waals surface area contributed by atoms with Crippen molar-refractivity contribution in [3.05, 3.63) is 35.6 Å². The van der Waals surface area contributed by atoms with Crippen molar-refractivity contribution in [1.29, 1.82) is 0 Å². The van der Waals surface area contributed by atoms with E-state index in [0.717, 1.165) is 51.3 Å². The largest absolute Gasteiger partial charge is 0.490 e. The maximum Gasteiger partial charge on any atom is 0.490 e. The molecule has 1 aromatic carbocycles. The van der Waals surface area contributed by atoms with Crippen LogP contribution in [-0.2, 0) is 20.9 Å². The first-order chi connectivity index (χ1) is 17.3. The fraction of sp³-hybridized carbons (Fsp3) is 0.609. The molecule has 1 spiro atoms. The predicted molar refractivity (Wildman–Crippen MR) is 120 cm³/mol. The smallest absolute Gasteiger partial charge is 0.475 e. The van der Waals surface area contributed by atoms with Crippen LogP contribution in [0.2, 0.25) is 0 Å². The second-order valence-corrected chi connectivity index (χ2v) is 9.30. The van der Waals surface area contributed by atoms with E-state index in [1.165, 1.54) is 12.1 Å². The van der Waals surface area contributed by atoms with Gasteiger partial charge < -0.3 is 20.0 Å². The van der Waals surface area contributed by atoms with Crippen LogP contribution in [0.5, 0.6) is 0 Å². The van der Waals surface area contributed by atoms with Crippen molar-refractivity contribution < 1.29 is 55.3 Å². The second-order valence-electron chi connectivity index (χ2n) is 9.30. The van der Waals surface area contributed by atoms with E-state index >= 15 is 0 Å². The first-order valence-electron chi connectivity index (χ1n) is 11.3. The molecule has 3 rings (SSSR count). The molecule has 0 aliphatic carbocycles. The molecule has 0 bridgehead atoms. The lowest BCUT2D eigenvalue weighted by Crippen LogP contribution is -2.41. The number of halogens is 7. The van der Waals surface area contributed by atoms with Crippen LogP contribution in [0.4, 0.5) is 30.7 Å². The van der Waals surface area contributed by atoms with E-state index < -0.39 is 24.3 Å². The van der Waals surface area contributed by atoms with Gasteiger partial charge in [0.2, 0.25) is 5.91 Å². The van der Waals surface area contributed by atoms with Crippen LogP contribution in [0.1, 0.15) is 18.9 Å². The van der Waals surface area contributed by atoms with Gasteiger partial charge in [-0.2, -0.15) is 26.3 Å². The lowest BCUT2D eigenvalue weighted by Gasteiger charge is -2.27. The van der Waals surface area contributed by atoms with Crippen LogP contribution in [0.25, 0.3) is 0 Å². The summed E-state index contributed by atoms with van der Waals surface area (Å²) >= 11 is 0. The van der Waals surface area contributed by atoms with E-state index in [9.17, 15) is 35.5 Å². The molecule has 2 fully saturated rings. The zero-order valence-corrected chi connectivity index (χ0v) is 20.9. The lowest BCUT2D eigenvalue weighted by molar-refractivity contribution is -0.193. The third-order valence-corrected chi connectivity index (χ3v) is 6.14. The first-order valence-corrected chi connectivity index (χ1v) is 11.3. The maximum atomic E-state index is 13.1. The predicted octanol–water partition coefficient (Wildman–Crippen LogP) is 3.32. The highest BCUT2D eigenvalue weighted by molar-refractivity contribution is 5.86. The Morgan fingerprint density at radius 2 is 1.50 bits per heavy atom. The van der Waals surface area contributed by atoms with E-state index in [-0.39, 0.29) is 11.2 Å². The highest BCUT2D eigenvalue weighted by Crippen LogP contribution is 2.45. The standard InChI is InChI=1S/C19H28FN3O.2C2HF3O2/c1-15-12-22(13-16-4-6-17(20)7-5-16)14-19(15)8-9-23(18(19)24)11-10-21(2)3;2*3-2(4,5)1(6)7/h4-7,15H,8-14H2,1-3H3;2*(H,6,7)/t15-,19-;;/m1../s1. The van der Waals surface area contributed by atoms with Crippen molar-refractivity contribution in [2.75, 3.05) is 46.8 Å². The molecule has 1 amide bonds. The number of aliphatic carboxylic acids is 2. The Balaban J connectivity index is 0.000000426. The molecular weight excluding hydrogens is 531 g/mol. The summed E-state index contributed by atoms with van der Waals surface area (Å²) in [6.45, 7) is 7.36. The third-order valence-electron chi connectivity index (χ3n) is 6.14. The topological polar surface area (TPSA) is 101 Å². The van der Waals surface area contributed by atoms with Crippen LogP contribution in [0.15, 0.2) is 24.3 Å². The minimum atomic E-state index is -5.08. The van der Waals surface area contributed by atoms with Crippen LogP contribution in [0, 0.1) is 17.2 Å². The number of nitrogens with zero attached hydrogens (tertiary/aromatic N) is 3. The molecule has 38 heavy (non-hydrogen) atoms. The normalized spacial score (nSPS) is 21.7. The molecule has 2 atom stereocenters. The molecular formula is C23H30F7N3O5. The molecule has 216 valence electrons. The number of carbonyl (C=O) groups is 3. The van der Waals surface area contributed by atoms with Gasteiger partial charge in [-0.15, -0.1) is 0 Å². The Morgan fingerprint density at radius 1 is 1.03 bits per heavy atom. The minimum Gasteiger partial charge on any atom is -0.475 e. The number of carboxylic acid groups (broad SMARTS) is 2. The van der Waals surface area contributed by atoms with Gasteiger partial charge in [-0.1, -0.05) is 19.1 Å². The fourth-order valence-corrected chi connectivity index (χ4v) is 4.15. The van der Waals surface area contributed by atoms with Crippen molar-refractivity contribution in [2.45, 2.75) is 32.2 Å². The van der Waals surface area contributed by atoms with Gasteiger partial charge in [-0.05, 0) is 44.1 Å². The summed E-state index contributed by atoms with van der Waals surface area (Å²) in [4.78, 5) is 37.3. The summed E-state index contributed by atoms with van der Waals surface area (Å²) in [7, 11) is 4.08. The molecule has 0 unspecified atom stereocenters. The molecule has 2 heterocycles. The Bertz CT molecular complexity index is 930. The molecule has 2 aliphatic rings. The molecule has 1 aromatic rings. The zero-order chi connectivity index (χ0) is 29.5. The monoisotopic (exact) mass is 561 g/mol. The number of amides is 1. The molecule has 0 aromatic heterocycles. The fourth-order valence-electron chi connectivity index (χ4n) is 4.15. The Labute approximate surface area is 214 Å². The SMILES string of the molecule is C[C@@H]1CN(Cc2ccc(F)cc2)C[C@]12CCN(CCN(C)C)C2=O.O=C(O)C(F)(F)F.O=C(O)C(F)(F)F. The minimum absolute atomic E-state index is 0.201. The summed E-state index contributed by atoms with van der Waals surface area (Å²) in [5.41, 5.74) is 0.891. The van der Waals surface area contributed by atoms with Gasteiger partial charge >= 0.3 is 24.3 Å². The van der Waals surface area contributed by atoms with Gasteiger partial charge in [0.25, 0.3) is 0 Å². The van der Waals surface area contributed by atoms with Crippen molar-refractivity contribution in [3.63, 3.8) is 0 Å². The first kappa shape index (κ1) is 33.1. The Kier molecular flexibility index (Phi) is 11.5. The van der Waals surface area contributed by atoms with E-state index in [0.29, 0.717) is 11.8 Å². The van der Waals surface area contributed by atoms with E-state index in [1.54, 1.807) is 0 Å².